The van der Waals surface area contributed by atoms with E-state index in [1.54, 1.807) is 7.11 Å². The zero-order valence-electron chi connectivity index (χ0n) is 18.7. The first kappa shape index (κ1) is 19.6. The molecule has 2 saturated heterocycles. The molecular formula is C25H34O4. The van der Waals surface area contributed by atoms with Gasteiger partial charge in [-0.1, -0.05) is 39.0 Å². The van der Waals surface area contributed by atoms with E-state index in [1.165, 1.54) is 11.1 Å². The van der Waals surface area contributed by atoms with E-state index in [0.717, 1.165) is 24.2 Å². The number of hydrogen-bond acceptors (Lipinski definition) is 4. The largest absolute Gasteiger partial charge is 0.496 e. The van der Waals surface area contributed by atoms with Gasteiger partial charge in [-0.05, 0) is 62.3 Å². The molecule has 4 aliphatic rings. The van der Waals surface area contributed by atoms with Gasteiger partial charge in [0.1, 0.15) is 17.5 Å². The third kappa shape index (κ3) is 2.06. The number of methoxy groups -OCH3 is 1. The molecule has 158 valence electrons. The van der Waals surface area contributed by atoms with Crippen LogP contribution in [0.3, 0.4) is 0 Å². The molecule has 1 aromatic carbocycles. The Bertz CT molecular complexity index is 904. The first-order valence-electron chi connectivity index (χ1n) is 11.0. The number of hydrogen-bond donors (Lipinski definition) is 1. The van der Waals surface area contributed by atoms with E-state index in [0.29, 0.717) is 5.92 Å². The van der Waals surface area contributed by atoms with Crippen molar-refractivity contribution < 1.29 is 19.3 Å². The Morgan fingerprint density at radius 2 is 1.83 bits per heavy atom. The van der Waals surface area contributed by atoms with Crippen molar-refractivity contribution in [1.29, 1.82) is 0 Å². The molecule has 2 bridgehead atoms. The van der Waals surface area contributed by atoms with Gasteiger partial charge in [0.2, 0.25) is 0 Å². The molecule has 0 unspecified atom stereocenters. The number of rotatable bonds is 1. The van der Waals surface area contributed by atoms with Crippen molar-refractivity contribution in [3.8, 4) is 5.75 Å². The van der Waals surface area contributed by atoms with Crippen molar-refractivity contribution >= 4 is 6.08 Å². The van der Waals surface area contributed by atoms with Crippen molar-refractivity contribution in [3.05, 3.63) is 34.9 Å². The molecule has 0 radical (unpaired) electrons. The molecule has 1 aromatic rings. The first-order valence-corrected chi connectivity index (χ1v) is 11.0. The Hall–Kier alpha value is -1.36. The maximum atomic E-state index is 11.4. The lowest BCUT2D eigenvalue weighted by atomic mass is 9.57. The first-order chi connectivity index (χ1) is 13.5. The smallest absolute Gasteiger partial charge is 0.199 e. The van der Waals surface area contributed by atoms with Crippen LogP contribution >= 0.6 is 0 Å². The van der Waals surface area contributed by atoms with Crippen LogP contribution in [0.1, 0.15) is 64.2 Å². The van der Waals surface area contributed by atoms with Crippen LogP contribution in [0.4, 0.5) is 0 Å². The summed E-state index contributed by atoms with van der Waals surface area (Å²) in [5.41, 5.74) is 2.49. The van der Waals surface area contributed by atoms with Crippen molar-refractivity contribution in [1.82, 2.24) is 0 Å². The van der Waals surface area contributed by atoms with E-state index in [9.17, 15) is 5.11 Å². The van der Waals surface area contributed by atoms with Gasteiger partial charge in [0.05, 0.1) is 12.7 Å². The highest BCUT2D eigenvalue weighted by molar-refractivity contribution is 5.67. The molecule has 4 nitrogen and oxygen atoms in total. The average Bonchev–Trinajstić information content (AvgIpc) is 3.00. The number of benzene rings is 1. The Morgan fingerprint density at radius 3 is 2.45 bits per heavy atom. The van der Waals surface area contributed by atoms with Gasteiger partial charge in [-0.25, -0.2) is 0 Å². The molecular weight excluding hydrogens is 364 g/mol. The molecule has 2 aliphatic carbocycles. The van der Waals surface area contributed by atoms with Crippen molar-refractivity contribution in [2.24, 2.45) is 23.2 Å². The van der Waals surface area contributed by atoms with E-state index in [4.69, 9.17) is 14.2 Å². The molecule has 29 heavy (non-hydrogen) atoms. The van der Waals surface area contributed by atoms with Gasteiger partial charge in [-0.2, -0.15) is 0 Å². The van der Waals surface area contributed by atoms with Gasteiger partial charge >= 0.3 is 0 Å². The Kier molecular flexibility index (Phi) is 3.82. The van der Waals surface area contributed by atoms with Crippen LogP contribution in [-0.2, 0) is 15.1 Å². The third-order valence-electron chi connectivity index (χ3n) is 9.14. The zero-order chi connectivity index (χ0) is 21.0. The van der Waals surface area contributed by atoms with Gasteiger partial charge < -0.3 is 19.3 Å². The number of fused-ring (bicyclic) bond motifs is 1. The molecule has 3 fully saturated rings. The lowest BCUT2D eigenvalue weighted by Gasteiger charge is -2.59. The highest BCUT2D eigenvalue weighted by atomic mass is 16.7. The quantitative estimate of drug-likeness (QED) is 0.737. The second kappa shape index (κ2) is 5.66. The highest BCUT2D eigenvalue weighted by Gasteiger charge is 2.74. The van der Waals surface area contributed by atoms with E-state index < -0.39 is 23.1 Å². The molecule has 5 rings (SSSR count). The van der Waals surface area contributed by atoms with Gasteiger partial charge in [0.25, 0.3) is 0 Å². The summed E-state index contributed by atoms with van der Waals surface area (Å²) in [7, 11) is 1.72. The maximum Gasteiger partial charge on any atom is 0.199 e. The second-order valence-electron chi connectivity index (χ2n) is 10.5. The number of aliphatic hydroxyl groups excluding tert-OH is 1. The number of aliphatic hydroxyl groups is 1. The predicted molar refractivity (Wildman–Crippen MR) is 113 cm³/mol. The van der Waals surface area contributed by atoms with Crippen LogP contribution in [0.5, 0.6) is 5.75 Å². The Balaban J connectivity index is 1.72. The van der Waals surface area contributed by atoms with Crippen molar-refractivity contribution in [2.45, 2.75) is 77.5 Å². The molecule has 1 saturated carbocycles. The van der Waals surface area contributed by atoms with Crippen molar-refractivity contribution in [3.63, 3.8) is 0 Å². The monoisotopic (exact) mass is 398 g/mol. The van der Waals surface area contributed by atoms with Gasteiger partial charge in [0.15, 0.2) is 5.79 Å². The molecule has 1 N–H and O–H groups in total. The molecule has 1 spiro atoms. The SMILES string of the molecule is COc1ccc2c(c1C)C=C[C@@]1(C)[C@@H]3CC[C@]21O[C@@]1(OC(C)(C)[C@@H](C)[C@H]1O)[C@H]3C. The molecule has 0 amide bonds. The van der Waals surface area contributed by atoms with Gasteiger partial charge in [0, 0.05) is 17.3 Å². The average molecular weight is 399 g/mol. The lowest BCUT2D eigenvalue weighted by molar-refractivity contribution is -0.382. The summed E-state index contributed by atoms with van der Waals surface area (Å²) in [6.07, 6.45) is 5.98. The fourth-order valence-corrected chi connectivity index (χ4v) is 7.03. The summed E-state index contributed by atoms with van der Waals surface area (Å²) in [4.78, 5) is 0. The summed E-state index contributed by atoms with van der Waals surface area (Å²) in [6, 6.07) is 4.23. The maximum absolute atomic E-state index is 11.4. The molecule has 0 aromatic heterocycles. The topological polar surface area (TPSA) is 47.9 Å². The summed E-state index contributed by atoms with van der Waals surface area (Å²) < 4.78 is 19.4. The number of ether oxygens (including phenoxy) is 3. The third-order valence-corrected chi connectivity index (χ3v) is 9.14. The van der Waals surface area contributed by atoms with Crippen LogP contribution in [0.25, 0.3) is 6.08 Å². The zero-order valence-corrected chi connectivity index (χ0v) is 18.7. The van der Waals surface area contributed by atoms with E-state index >= 15 is 0 Å². The van der Waals surface area contributed by atoms with Crippen molar-refractivity contribution in [2.75, 3.05) is 7.11 Å². The summed E-state index contributed by atoms with van der Waals surface area (Å²) >= 11 is 0. The molecule has 2 heterocycles. The van der Waals surface area contributed by atoms with Gasteiger partial charge in [-0.3, -0.25) is 0 Å². The van der Waals surface area contributed by atoms with Crippen LogP contribution in [0, 0.1) is 30.1 Å². The Labute approximate surface area is 174 Å². The minimum atomic E-state index is -0.972. The van der Waals surface area contributed by atoms with Crippen LogP contribution in [0.2, 0.25) is 0 Å². The van der Waals surface area contributed by atoms with Crippen LogP contribution < -0.4 is 4.74 Å². The van der Waals surface area contributed by atoms with E-state index in [1.807, 2.05) is 0 Å². The predicted octanol–water partition coefficient (Wildman–Crippen LogP) is 4.81. The standard InChI is InChI=1S/C25H34O4/c1-14-17-10-12-23(6)18-11-13-24(23,19(17)8-9-20(14)27-7)29-25(15(18)2)21(26)16(3)22(4,5)28-25/h8-10,12,15-16,18,21,26H,11,13H2,1-7H3/t15-,16-,18+,21+,23-,24-,25-/m0/s1. The lowest BCUT2D eigenvalue weighted by Crippen LogP contribution is -2.64. The second-order valence-corrected chi connectivity index (χ2v) is 10.5. The normalized spacial score (nSPS) is 46.6. The highest BCUT2D eigenvalue weighted by Crippen LogP contribution is 2.71. The van der Waals surface area contributed by atoms with Crippen LogP contribution in [-0.4, -0.2) is 29.7 Å². The molecule has 4 heteroatoms. The minimum Gasteiger partial charge on any atom is -0.496 e. The summed E-state index contributed by atoms with van der Waals surface area (Å²) in [5.74, 6) is 0.418. The molecule has 7 atom stereocenters. The fraction of sp³-hybridized carbons (Fsp3) is 0.680. The van der Waals surface area contributed by atoms with E-state index in [2.05, 4.69) is 65.8 Å². The van der Waals surface area contributed by atoms with E-state index in [-0.39, 0.29) is 17.3 Å². The summed E-state index contributed by atoms with van der Waals surface area (Å²) in [6.45, 7) is 12.9. The van der Waals surface area contributed by atoms with Gasteiger partial charge in [-0.15, -0.1) is 0 Å². The fourth-order valence-electron chi connectivity index (χ4n) is 7.03. The Morgan fingerprint density at radius 1 is 1.10 bits per heavy atom. The summed E-state index contributed by atoms with van der Waals surface area (Å²) in [5, 5.41) is 11.4. The van der Waals surface area contributed by atoms with Crippen LogP contribution in [0.15, 0.2) is 18.2 Å². The molecule has 2 aliphatic heterocycles. The minimum absolute atomic E-state index is 0.00122.